The number of nitrogens with one attached hydrogen (secondary N) is 1. The molecule has 0 radical (unpaired) electrons. The molecule has 1 heterocycles. The Morgan fingerprint density at radius 3 is 2.83 bits per heavy atom. The van der Waals surface area contributed by atoms with Gasteiger partial charge in [-0.2, -0.15) is 0 Å². The van der Waals surface area contributed by atoms with Crippen molar-refractivity contribution >= 4 is 17.1 Å². The number of aromatic nitrogens is 1. The van der Waals surface area contributed by atoms with E-state index >= 15 is 0 Å². The topological polar surface area (TPSA) is 135 Å². The van der Waals surface area contributed by atoms with Crippen molar-refractivity contribution in [1.29, 1.82) is 0 Å². The minimum atomic E-state index is -1.09. The lowest BCUT2D eigenvalue weighted by Crippen LogP contribution is -2.33. The van der Waals surface area contributed by atoms with Crippen LogP contribution in [0.4, 0.5) is 0 Å². The van der Waals surface area contributed by atoms with Crippen LogP contribution < -0.4 is 17.2 Å². The van der Waals surface area contributed by atoms with E-state index in [0.29, 0.717) is 16.7 Å². The highest BCUT2D eigenvalue weighted by Crippen LogP contribution is 2.19. The summed E-state index contributed by atoms with van der Waals surface area (Å²) < 4.78 is 4.85. The molecule has 0 fully saturated rings. The number of aliphatic carboxylic acids is 1. The number of nitrogens with two attached hydrogens (primary N) is 2. The summed E-state index contributed by atoms with van der Waals surface area (Å²) in [7, 11) is 0. The molecule has 0 aliphatic heterocycles. The van der Waals surface area contributed by atoms with Gasteiger partial charge < -0.3 is 21.0 Å². The minimum Gasteiger partial charge on any atom is -0.480 e. The van der Waals surface area contributed by atoms with Crippen molar-refractivity contribution in [2.45, 2.75) is 18.5 Å². The Balaban J connectivity index is 2.24. The third kappa shape index (κ3) is 2.41. The minimum absolute atomic E-state index is 0.114. The van der Waals surface area contributed by atoms with Crippen LogP contribution in [0.3, 0.4) is 0 Å². The lowest BCUT2D eigenvalue weighted by atomic mass is 10.0. The van der Waals surface area contributed by atoms with Crippen molar-refractivity contribution in [3.05, 3.63) is 34.3 Å². The molecule has 0 aliphatic carbocycles. The molecule has 0 saturated carbocycles. The van der Waals surface area contributed by atoms with Crippen LogP contribution in [0.25, 0.3) is 11.1 Å². The first-order chi connectivity index (χ1) is 8.47. The Kier molecular flexibility index (Phi) is 3.17. The second kappa shape index (κ2) is 4.63. The number of H-pyrrole nitrogens is 1. The SMILES string of the molecule is NC(CC(N)c1ccc2oc(=O)[nH]c2c1)C(=O)O. The third-order valence-corrected chi connectivity index (χ3v) is 2.70. The molecule has 96 valence electrons. The smallest absolute Gasteiger partial charge is 0.417 e. The van der Waals surface area contributed by atoms with Crippen molar-refractivity contribution in [1.82, 2.24) is 4.98 Å². The van der Waals surface area contributed by atoms with Gasteiger partial charge in [0.25, 0.3) is 0 Å². The summed E-state index contributed by atoms with van der Waals surface area (Å²) in [4.78, 5) is 24.1. The van der Waals surface area contributed by atoms with Crippen molar-refractivity contribution in [3.63, 3.8) is 0 Å². The summed E-state index contributed by atoms with van der Waals surface area (Å²) in [5, 5.41) is 8.71. The third-order valence-electron chi connectivity index (χ3n) is 2.70. The van der Waals surface area contributed by atoms with Gasteiger partial charge in [-0.1, -0.05) is 6.07 Å². The number of carboxylic acid groups (broad SMARTS) is 1. The average molecular weight is 251 g/mol. The standard InChI is InChI=1S/C11H13N3O4/c12-6(4-7(13)10(15)16)5-1-2-9-8(3-5)14-11(17)18-9/h1-3,6-7H,4,12-13H2,(H,14,17)(H,15,16). The maximum atomic E-state index is 11.0. The molecule has 7 heteroatoms. The second-order valence-corrected chi connectivity index (χ2v) is 4.06. The molecule has 0 aliphatic rings. The molecule has 2 aromatic rings. The second-order valence-electron chi connectivity index (χ2n) is 4.06. The van der Waals surface area contributed by atoms with E-state index < -0.39 is 23.8 Å². The number of carboxylic acids is 1. The van der Waals surface area contributed by atoms with Crippen LogP contribution in [0.1, 0.15) is 18.0 Å². The number of hydrogen-bond acceptors (Lipinski definition) is 5. The molecular formula is C11H13N3O4. The Morgan fingerprint density at radius 1 is 1.44 bits per heavy atom. The molecule has 2 unspecified atom stereocenters. The van der Waals surface area contributed by atoms with E-state index in [0.717, 1.165) is 0 Å². The molecule has 1 aromatic heterocycles. The highest BCUT2D eigenvalue weighted by atomic mass is 16.4. The fraction of sp³-hybridized carbons (Fsp3) is 0.273. The number of aromatic amines is 1. The largest absolute Gasteiger partial charge is 0.480 e. The maximum absolute atomic E-state index is 11.0. The summed E-state index contributed by atoms with van der Waals surface area (Å²) in [5.41, 5.74) is 12.9. The number of hydrogen-bond donors (Lipinski definition) is 4. The van der Waals surface area contributed by atoms with Gasteiger partial charge in [0.15, 0.2) is 5.58 Å². The van der Waals surface area contributed by atoms with E-state index in [4.69, 9.17) is 21.0 Å². The molecular weight excluding hydrogens is 238 g/mol. The van der Waals surface area contributed by atoms with Gasteiger partial charge in [-0.05, 0) is 24.1 Å². The first-order valence-corrected chi connectivity index (χ1v) is 5.34. The Labute approximate surface area is 101 Å². The molecule has 0 amide bonds. The lowest BCUT2D eigenvalue weighted by molar-refractivity contribution is -0.138. The van der Waals surface area contributed by atoms with Crippen molar-refractivity contribution in [3.8, 4) is 0 Å². The molecule has 2 rings (SSSR count). The number of fused-ring (bicyclic) bond motifs is 1. The Bertz CT molecular complexity index is 630. The van der Waals surface area contributed by atoms with Crippen LogP contribution in [0.15, 0.2) is 27.4 Å². The van der Waals surface area contributed by atoms with Gasteiger partial charge in [0.1, 0.15) is 6.04 Å². The monoisotopic (exact) mass is 251 g/mol. The van der Waals surface area contributed by atoms with Crippen LogP contribution in [0.2, 0.25) is 0 Å². The van der Waals surface area contributed by atoms with Crippen LogP contribution >= 0.6 is 0 Å². The summed E-state index contributed by atoms with van der Waals surface area (Å²) >= 11 is 0. The van der Waals surface area contributed by atoms with Gasteiger partial charge in [-0.3, -0.25) is 9.78 Å². The predicted molar refractivity (Wildman–Crippen MR) is 64.0 cm³/mol. The molecule has 2 atom stereocenters. The molecule has 0 spiro atoms. The first kappa shape index (κ1) is 12.3. The molecule has 6 N–H and O–H groups in total. The van der Waals surface area contributed by atoms with Crippen molar-refractivity contribution in [2.24, 2.45) is 11.5 Å². The fourth-order valence-corrected chi connectivity index (χ4v) is 1.71. The van der Waals surface area contributed by atoms with E-state index in [1.165, 1.54) is 0 Å². The molecule has 7 nitrogen and oxygen atoms in total. The quantitative estimate of drug-likeness (QED) is 0.600. The highest BCUT2D eigenvalue weighted by molar-refractivity contribution is 5.74. The van der Waals surface area contributed by atoms with E-state index in [-0.39, 0.29) is 6.42 Å². The van der Waals surface area contributed by atoms with Crippen LogP contribution in [0.5, 0.6) is 0 Å². The van der Waals surface area contributed by atoms with Gasteiger partial charge in [0, 0.05) is 6.04 Å². The van der Waals surface area contributed by atoms with Gasteiger partial charge in [0.05, 0.1) is 5.52 Å². The average Bonchev–Trinajstić information content (AvgIpc) is 2.67. The zero-order chi connectivity index (χ0) is 13.3. The highest BCUT2D eigenvalue weighted by Gasteiger charge is 2.17. The van der Waals surface area contributed by atoms with Gasteiger partial charge in [0.2, 0.25) is 0 Å². The van der Waals surface area contributed by atoms with E-state index in [9.17, 15) is 9.59 Å². The van der Waals surface area contributed by atoms with Crippen molar-refractivity contribution in [2.75, 3.05) is 0 Å². The maximum Gasteiger partial charge on any atom is 0.417 e. The molecule has 1 aromatic carbocycles. The fourth-order valence-electron chi connectivity index (χ4n) is 1.71. The Hall–Kier alpha value is -2.12. The first-order valence-electron chi connectivity index (χ1n) is 5.34. The normalized spacial score (nSPS) is 14.6. The van der Waals surface area contributed by atoms with Crippen LogP contribution in [0, 0.1) is 0 Å². The van der Waals surface area contributed by atoms with Crippen LogP contribution in [-0.2, 0) is 4.79 Å². The molecule has 0 saturated heterocycles. The molecule has 0 bridgehead atoms. The zero-order valence-electron chi connectivity index (χ0n) is 9.42. The van der Waals surface area contributed by atoms with E-state index in [1.807, 2.05) is 0 Å². The zero-order valence-corrected chi connectivity index (χ0v) is 9.42. The summed E-state index contributed by atoms with van der Waals surface area (Å²) in [6.07, 6.45) is 0.114. The summed E-state index contributed by atoms with van der Waals surface area (Å²) in [5.74, 6) is -1.64. The van der Waals surface area contributed by atoms with Gasteiger partial charge in [-0.25, -0.2) is 4.79 Å². The van der Waals surface area contributed by atoms with Gasteiger partial charge >= 0.3 is 11.7 Å². The Morgan fingerprint density at radius 2 is 2.17 bits per heavy atom. The number of oxazole rings is 1. The lowest BCUT2D eigenvalue weighted by Gasteiger charge is -2.14. The van der Waals surface area contributed by atoms with Gasteiger partial charge in [-0.15, -0.1) is 0 Å². The number of rotatable bonds is 4. The summed E-state index contributed by atoms with van der Waals surface area (Å²) in [6, 6.07) is 3.41. The van der Waals surface area contributed by atoms with E-state index in [1.54, 1.807) is 18.2 Å². The van der Waals surface area contributed by atoms with E-state index in [2.05, 4.69) is 4.98 Å². The van der Waals surface area contributed by atoms with Crippen molar-refractivity contribution < 1.29 is 14.3 Å². The number of carbonyl (C=O) groups is 1. The predicted octanol–water partition coefficient (Wildman–Crippen LogP) is -0.0771. The number of benzene rings is 1. The molecule has 18 heavy (non-hydrogen) atoms. The summed E-state index contributed by atoms with van der Waals surface area (Å²) in [6.45, 7) is 0. The van der Waals surface area contributed by atoms with Crippen LogP contribution in [-0.4, -0.2) is 22.1 Å².